The van der Waals surface area contributed by atoms with Crippen molar-refractivity contribution in [2.75, 3.05) is 43.4 Å². The molecular weight excluding hydrogens is 468 g/mol. The van der Waals surface area contributed by atoms with E-state index < -0.39 is 35.1 Å². The number of piperazine rings is 1. The van der Waals surface area contributed by atoms with Gasteiger partial charge in [-0.15, -0.1) is 0 Å². The average Bonchev–Trinajstić information content (AvgIpc) is 2.80. The molecule has 35 heavy (non-hydrogen) atoms. The molecule has 1 fully saturated rings. The van der Waals surface area contributed by atoms with Gasteiger partial charge in [0, 0.05) is 61.6 Å². The largest absolute Gasteiger partial charge is 0.479 e. The quantitative estimate of drug-likeness (QED) is 0.567. The van der Waals surface area contributed by atoms with Crippen LogP contribution >= 0.6 is 0 Å². The molecule has 1 saturated heterocycles. The van der Waals surface area contributed by atoms with Crippen LogP contribution in [0.15, 0.2) is 60.2 Å². The topological polar surface area (TPSA) is 93.6 Å². The van der Waals surface area contributed by atoms with Crippen molar-refractivity contribution in [3.63, 3.8) is 0 Å². The number of hydrogen-bond acceptors (Lipinski definition) is 7. The van der Waals surface area contributed by atoms with E-state index in [9.17, 15) is 23.1 Å². The van der Waals surface area contributed by atoms with Crippen LogP contribution in [0.25, 0.3) is 11.1 Å². The Morgan fingerprint density at radius 2 is 1.83 bits per heavy atom. The van der Waals surface area contributed by atoms with E-state index in [-0.39, 0.29) is 22.5 Å². The van der Waals surface area contributed by atoms with Crippen LogP contribution in [-0.4, -0.2) is 65.3 Å². The molecule has 0 spiro atoms. The third-order valence-corrected chi connectivity index (χ3v) is 5.69. The van der Waals surface area contributed by atoms with Gasteiger partial charge in [-0.25, -0.2) is 14.4 Å². The smallest absolute Gasteiger partial charge is 0.417 e. The first-order chi connectivity index (χ1) is 16.5. The van der Waals surface area contributed by atoms with Crippen molar-refractivity contribution in [1.29, 1.82) is 0 Å². The number of rotatable bonds is 4. The first-order valence-electron chi connectivity index (χ1n) is 10.6. The lowest BCUT2D eigenvalue weighted by molar-refractivity contribution is -0.115. The molecular formula is C23H22F4N6O2. The van der Waals surface area contributed by atoms with Crippen molar-refractivity contribution >= 4 is 17.3 Å². The second-order valence-electron chi connectivity index (χ2n) is 8.15. The van der Waals surface area contributed by atoms with Gasteiger partial charge in [0.1, 0.15) is 5.82 Å². The van der Waals surface area contributed by atoms with E-state index in [0.29, 0.717) is 31.9 Å². The van der Waals surface area contributed by atoms with Gasteiger partial charge in [-0.3, -0.25) is 4.79 Å². The van der Waals surface area contributed by atoms with Crippen LogP contribution < -0.4 is 15.5 Å². The van der Waals surface area contributed by atoms with Crippen molar-refractivity contribution < 1.29 is 27.5 Å². The third kappa shape index (κ3) is 5.27. The Hall–Kier alpha value is -3.93. The van der Waals surface area contributed by atoms with Crippen LogP contribution in [-0.2, 0) is 4.79 Å². The maximum atomic E-state index is 15.1. The maximum Gasteiger partial charge on any atom is 0.417 e. The number of carbonyl (C=O) groups excluding carboxylic acids is 1. The van der Waals surface area contributed by atoms with E-state index in [1.54, 1.807) is 0 Å². The SMILES string of the molecule is C=C1C=C(C(F)(F)F)C(C(=O)Nc2cc(-c3cnc(O)nc3)c(F)cc2N2CCN(C)CC2)=CN1. The van der Waals surface area contributed by atoms with Crippen LogP contribution in [0.1, 0.15) is 0 Å². The van der Waals surface area contributed by atoms with Crippen molar-refractivity contribution in [1.82, 2.24) is 20.2 Å². The molecule has 2 aliphatic heterocycles. The number of aromatic nitrogens is 2. The van der Waals surface area contributed by atoms with E-state index in [0.717, 1.165) is 12.3 Å². The fraction of sp³-hybridized carbons (Fsp3) is 0.261. The first kappa shape index (κ1) is 24.2. The summed E-state index contributed by atoms with van der Waals surface area (Å²) >= 11 is 0. The van der Waals surface area contributed by atoms with E-state index >= 15 is 4.39 Å². The Kier molecular flexibility index (Phi) is 6.48. The van der Waals surface area contributed by atoms with E-state index in [4.69, 9.17) is 0 Å². The van der Waals surface area contributed by atoms with Gasteiger partial charge in [-0.1, -0.05) is 6.58 Å². The van der Waals surface area contributed by atoms with Crippen molar-refractivity contribution in [3.8, 4) is 17.1 Å². The summed E-state index contributed by atoms with van der Waals surface area (Å²) in [5.41, 5.74) is -1.11. The van der Waals surface area contributed by atoms with Crippen molar-refractivity contribution in [3.05, 3.63) is 66.0 Å². The molecule has 0 bridgehead atoms. The molecule has 0 aliphatic carbocycles. The van der Waals surface area contributed by atoms with Crippen LogP contribution in [0, 0.1) is 5.82 Å². The minimum Gasteiger partial charge on any atom is -0.479 e. The molecule has 4 rings (SSSR count). The van der Waals surface area contributed by atoms with Crippen molar-refractivity contribution in [2.45, 2.75) is 6.18 Å². The van der Waals surface area contributed by atoms with Gasteiger partial charge in [0.25, 0.3) is 5.91 Å². The van der Waals surface area contributed by atoms with Gasteiger partial charge in [0.15, 0.2) is 0 Å². The van der Waals surface area contributed by atoms with E-state index in [1.165, 1.54) is 24.5 Å². The number of alkyl halides is 3. The monoisotopic (exact) mass is 490 g/mol. The Balaban J connectivity index is 1.74. The molecule has 0 unspecified atom stereocenters. The summed E-state index contributed by atoms with van der Waals surface area (Å²) in [6.07, 6.45) is -0.697. The highest BCUT2D eigenvalue weighted by Gasteiger charge is 2.40. The van der Waals surface area contributed by atoms with Crippen LogP contribution in [0.4, 0.5) is 28.9 Å². The number of likely N-dealkylation sites (N-methyl/N-ethyl adjacent to an activating group) is 1. The Morgan fingerprint density at radius 1 is 1.17 bits per heavy atom. The Bertz CT molecular complexity index is 1220. The van der Waals surface area contributed by atoms with Crippen LogP contribution in [0.5, 0.6) is 6.01 Å². The van der Waals surface area contributed by atoms with E-state index in [1.807, 2.05) is 11.9 Å². The zero-order valence-electron chi connectivity index (χ0n) is 18.7. The van der Waals surface area contributed by atoms with Crippen LogP contribution in [0.2, 0.25) is 0 Å². The van der Waals surface area contributed by atoms with Gasteiger partial charge < -0.3 is 25.5 Å². The van der Waals surface area contributed by atoms with E-state index in [2.05, 4.69) is 32.1 Å². The lowest BCUT2D eigenvalue weighted by Crippen LogP contribution is -2.44. The fourth-order valence-corrected chi connectivity index (χ4v) is 3.80. The van der Waals surface area contributed by atoms with Gasteiger partial charge >= 0.3 is 12.2 Å². The number of dihydropyridines is 1. The molecule has 2 aliphatic rings. The standard InChI is InChI=1S/C23H22F4N6O2/c1-13-7-17(23(25,26)27)16(12-28-13)21(34)31-19-8-15(14-10-29-22(35)30-11-14)18(24)9-20(19)33-5-3-32(2)4-6-33/h7-12,28H,1,3-6H2,2H3,(H,31,34)(H,29,30,35). The zero-order valence-corrected chi connectivity index (χ0v) is 18.7. The first-order valence-corrected chi connectivity index (χ1v) is 10.6. The maximum absolute atomic E-state index is 15.1. The summed E-state index contributed by atoms with van der Waals surface area (Å²) in [4.78, 5) is 24.2. The average molecular weight is 490 g/mol. The normalized spacial score (nSPS) is 16.9. The number of allylic oxidation sites excluding steroid dienone is 1. The number of nitrogens with zero attached hydrogens (tertiary/aromatic N) is 4. The van der Waals surface area contributed by atoms with Gasteiger partial charge in [0.05, 0.1) is 22.5 Å². The van der Waals surface area contributed by atoms with Gasteiger partial charge in [-0.2, -0.15) is 13.2 Å². The molecule has 0 saturated carbocycles. The summed E-state index contributed by atoms with van der Waals surface area (Å²) in [7, 11) is 1.94. The molecule has 3 heterocycles. The highest BCUT2D eigenvalue weighted by atomic mass is 19.4. The molecule has 12 heteroatoms. The summed E-state index contributed by atoms with van der Waals surface area (Å²) in [6.45, 7) is 5.87. The molecule has 2 aromatic rings. The molecule has 8 nitrogen and oxygen atoms in total. The Labute approximate surface area is 198 Å². The molecule has 0 radical (unpaired) electrons. The lowest BCUT2D eigenvalue weighted by atomic mass is 10.0. The Morgan fingerprint density at radius 3 is 2.46 bits per heavy atom. The third-order valence-electron chi connectivity index (χ3n) is 5.69. The van der Waals surface area contributed by atoms with Gasteiger partial charge in [-0.05, 0) is 25.3 Å². The van der Waals surface area contributed by atoms with Crippen LogP contribution in [0.3, 0.4) is 0 Å². The highest BCUT2D eigenvalue weighted by Crippen LogP contribution is 2.37. The minimum atomic E-state index is -4.79. The van der Waals surface area contributed by atoms with Gasteiger partial charge in [0.2, 0.25) is 0 Å². The number of hydrogen-bond donors (Lipinski definition) is 3. The summed E-state index contributed by atoms with van der Waals surface area (Å²) < 4.78 is 55.9. The molecule has 1 amide bonds. The molecule has 184 valence electrons. The molecule has 1 aromatic carbocycles. The number of halogens is 4. The molecule has 0 atom stereocenters. The number of nitrogens with one attached hydrogen (secondary N) is 2. The lowest BCUT2D eigenvalue weighted by Gasteiger charge is -2.35. The number of amides is 1. The number of benzene rings is 1. The predicted molar refractivity (Wildman–Crippen MR) is 122 cm³/mol. The predicted octanol–water partition coefficient (Wildman–Crippen LogP) is 3.17. The number of carbonyl (C=O) groups is 1. The zero-order chi connectivity index (χ0) is 25.3. The second kappa shape index (κ2) is 9.37. The molecule has 3 N–H and O–H groups in total. The summed E-state index contributed by atoms with van der Waals surface area (Å²) in [6, 6.07) is 2.05. The fourth-order valence-electron chi connectivity index (χ4n) is 3.80. The summed E-state index contributed by atoms with van der Waals surface area (Å²) in [5.74, 6) is -1.67. The highest BCUT2D eigenvalue weighted by molar-refractivity contribution is 6.09. The molecule has 1 aromatic heterocycles. The second-order valence-corrected chi connectivity index (χ2v) is 8.15. The number of anilines is 2. The number of aromatic hydroxyl groups is 1. The van der Waals surface area contributed by atoms with Crippen molar-refractivity contribution in [2.24, 2.45) is 0 Å². The minimum absolute atomic E-state index is 0.00823. The summed E-state index contributed by atoms with van der Waals surface area (Å²) in [5, 5.41) is 14.4.